The Morgan fingerprint density at radius 2 is 2.20 bits per heavy atom. The molecule has 0 fully saturated rings. The van der Waals surface area contributed by atoms with Crippen molar-refractivity contribution in [3.8, 4) is 12.3 Å². The Morgan fingerprint density at radius 1 is 1.47 bits per heavy atom. The lowest BCUT2D eigenvalue weighted by atomic mass is 10.2. The average molecular weight is 240 g/mol. The summed E-state index contributed by atoms with van der Waals surface area (Å²) in [6.07, 6.45) is 6.78. The van der Waals surface area contributed by atoms with Crippen LogP contribution in [0.25, 0.3) is 0 Å². The molecule has 1 aromatic carbocycles. The molecule has 0 aliphatic heterocycles. The second-order valence-corrected chi connectivity index (χ2v) is 4.71. The molecule has 80 valence electrons. The van der Waals surface area contributed by atoms with Gasteiger partial charge in [-0.3, -0.25) is 0 Å². The van der Waals surface area contributed by atoms with E-state index in [1.165, 1.54) is 0 Å². The molecule has 0 saturated heterocycles. The van der Waals surface area contributed by atoms with Gasteiger partial charge in [-0.2, -0.15) is 0 Å². The van der Waals surface area contributed by atoms with Crippen molar-refractivity contribution in [2.24, 2.45) is 5.73 Å². The Bertz CT molecular complexity index is 346. The Balaban J connectivity index is 2.37. The van der Waals surface area contributed by atoms with Crippen LogP contribution in [0.15, 0.2) is 29.2 Å². The zero-order valence-electron chi connectivity index (χ0n) is 8.45. The molecule has 0 spiro atoms. The van der Waals surface area contributed by atoms with Gasteiger partial charge >= 0.3 is 0 Å². The summed E-state index contributed by atoms with van der Waals surface area (Å²) in [5, 5.41) is 0.784. The van der Waals surface area contributed by atoms with Crippen LogP contribution in [-0.4, -0.2) is 11.8 Å². The lowest BCUT2D eigenvalue weighted by molar-refractivity contribution is 0.692. The molecule has 1 atom stereocenters. The molecule has 1 rings (SSSR count). The molecule has 0 bridgehead atoms. The van der Waals surface area contributed by atoms with Gasteiger partial charge in [-0.05, 0) is 18.6 Å². The van der Waals surface area contributed by atoms with Crippen molar-refractivity contribution in [1.82, 2.24) is 0 Å². The fourth-order valence-electron chi connectivity index (χ4n) is 1.11. The van der Waals surface area contributed by atoms with Gasteiger partial charge in [0.05, 0.1) is 5.02 Å². The molecule has 2 N–H and O–H groups in total. The molecule has 0 heterocycles. The zero-order chi connectivity index (χ0) is 11.1. The summed E-state index contributed by atoms with van der Waals surface area (Å²) in [7, 11) is 0. The minimum absolute atomic E-state index is 0.141. The first-order valence-electron chi connectivity index (χ1n) is 4.80. The highest BCUT2D eigenvalue weighted by atomic mass is 35.5. The number of hydrogen-bond acceptors (Lipinski definition) is 2. The molecule has 0 amide bonds. The predicted octanol–water partition coefficient (Wildman–Crippen LogP) is 3.17. The van der Waals surface area contributed by atoms with Gasteiger partial charge in [-0.1, -0.05) is 23.7 Å². The molecule has 1 aromatic rings. The van der Waals surface area contributed by atoms with Gasteiger partial charge in [0, 0.05) is 23.1 Å². The van der Waals surface area contributed by atoms with E-state index < -0.39 is 0 Å². The van der Waals surface area contributed by atoms with E-state index in [0.29, 0.717) is 0 Å². The third-order valence-electron chi connectivity index (χ3n) is 1.95. The maximum atomic E-state index is 6.02. The molecule has 1 nitrogen and oxygen atoms in total. The van der Waals surface area contributed by atoms with Crippen LogP contribution in [-0.2, 0) is 0 Å². The van der Waals surface area contributed by atoms with Crippen molar-refractivity contribution in [1.29, 1.82) is 0 Å². The van der Waals surface area contributed by atoms with Crippen LogP contribution in [0, 0.1) is 12.3 Å². The number of rotatable bonds is 5. The summed E-state index contributed by atoms with van der Waals surface area (Å²) >= 11 is 7.70. The minimum Gasteiger partial charge on any atom is -0.327 e. The average Bonchev–Trinajstić information content (AvgIpc) is 2.25. The van der Waals surface area contributed by atoms with Crippen molar-refractivity contribution in [2.45, 2.75) is 23.8 Å². The topological polar surface area (TPSA) is 26.0 Å². The van der Waals surface area contributed by atoms with E-state index in [1.807, 2.05) is 24.3 Å². The summed E-state index contributed by atoms with van der Waals surface area (Å²) in [6, 6.07) is 7.92. The SMILES string of the molecule is C#CCCC(N)CSc1ccccc1Cl. The molecule has 15 heavy (non-hydrogen) atoms. The molecule has 3 heteroatoms. The highest BCUT2D eigenvalue weighted by Crippen LogP contribution is 2.27. The van der Waals surface area contributed by atoms with Gasteiger partial charge in [0.2, 0.25) is 0 Å². The molecule has 0 saturated carbocycles. The number of nitrogens with two attached hydrogens (primary N) is 1. The first-order valence-corrected chi connectivity index (χ1v) is 6.16. The first-order chi connectivity index (χ1) is 7.24. The van der Waals surface area contributed by atoms with Crippen molar-refractivity contribution in [2.75, 3.05) is 5.75 Å². The van der Waals surface area contributed by atoms with E-state index in [4.69, 9.17) is 23.8 Å². The summed E-state index contributed by atoms with van der Waals surface area (Å²) in [6.45, 7) is 0. The highest BCUT2D eigenvalue weighted by Gasteiger charge is 2.04. The Labute approximate surface area is 100 Å². The molecular weight excluding hydrogens is 226 g/mol. The summed E-state index contributed by atoms with van der Waals surface area (Å²) in [5.41, 5.74) is 5.90. The standard InChI is InChI=1S/C12H14ClNS/c1-2-3-6-10(14)9-15-12-8-5-4-7-11(12)13/h1,4-5,7-8,10H,3,6,9,14H2. The lowest BCUT2D eigenvalue weighted by Crippen LogP contribution is -2.22. The quantitative estimate of drug-likeness (QED) is 0.631. The molecule has 0 aliphatic carbocycles. The number of terminal acetylenes is 1. The van der Waals surface area contributed by atoms with Crippen LogP contribution >= 0.6 is 23.4 Å². The van der Waals surface area contributed by atoms with Gasteiger partial charge in [-0.15, -0.1) is 24.1 Å². The largest absolute Gasteiger partial charge is 0.327 e. The van der Waals surface area contributed by atoms with Crippen LogP contribution in [0.5, 0.6) is 0 Å². The third-order valence-corrected chi connectivity index (χ3v) is 3.65. The molecule has 1 unspecified atom stereocenters. The van der Waals surface area contributed by atoms with Gasteiger partial charge in [-0.25, -0.2) is 0 Å². The predicted molar refractivity (Wildman–Crippen MR) is 68.2 cm³/mol. The Morgan fingerprint density at radius 3 is 2.87 bits per heavy atom. The van der Waals surface area contributed by atoms with Crippen LogP contribution in [0.3, 0.4) is 0 Å². The van der Waals surface area contributed by atoms with Crippen LogP contribution < -0.4 is 5.73 Å². The maximum Gasteiger partial charge on any atom is 0.0541 e. The van der Waals surface area contributed by atoms with Gasteiger partial charge in [0.15, 0.2) is 0 Å². The molecule has 0 radical (unpaired) electrons. The molecule has 0 aromatic heterocycles. The number of hydrogen-bond donors (Lipinski definition) is 1. The number of benzene rings is 1. The van der Waals surface area contributed by atoms with E-state index in [-0.39, 0.29) is 6.04 Å². The Hall–Kier alpha value is -0.620. The fourth-order valence-corrected chi connectivity index (χ4v) is 2.35. The normalized spacial score (nSPS) is 12.1. The summed E-state index contributed by atoms with van der Waals surface area (Å²) in [5.74, 6) is 3.45. The summed E-state index contributed by atoms with van der Waals surface area (Å²) < 4.78 is 0. The molecular formula is C12H14ClNS. The Kier molecular flexibility index (Phi) is 5.63. The van der Waals surface area contributed by atoms with Crippen LogP contribution in [0.1, 0.15) is 12.8 Å². The second kappa shape index (κ2) is 6.79. The van der Waals surface area contributed by atoms with Gasteiger partial charge in [0.25, 0.3) is 0 Å². The molecule has 0 aliphatic rings. The van der Waals surface area contributed by atoms with Crippen molar-refractivity contribution in [3.63, 3.8) is 0 Å². The second-order valence-electron chi connectivity index (χ2n) is 3.24. The van der Waals surface area contributed by atoms with E-state index in [0.717, 1.165) is 28.5 Å². The van der Waals surface area contributed by atoms with Crippen molar-refractivity contribution >= 4 is 23.4 Å². The summed E-state index contributed by atoms with van der Waals surface area (Å²) in [4.78, 5) is 1.08. The fraction of sp³-hybridized carbons (Fsp3) is 0.333. The van der Waals surface area contributed by atoms with E-state index in [2.05, 4.69) is 5.92 Å². The van der Waals surface area contributed by atoms with Crippen LogP contribution in [0.4, 0.5) is 0 Å². The van der Waals surface area contributed by atoms with Gasteiger partial charge < -0.3 is 5.73 Å². The zero-order valence-corrected chi connectivity index (χ0v) is 10.0. The van der Waals surface area contributed by atoms with E-state index in [9.17, 15) is 0 Å². The first kappa shape index (κ1) is 12.4. The maximum absolute atomic E-state index is 6.02. The highest BCUT2D eigenvalue weighted by molar-refractivity contribution is 7.99. The van der Waals surface area contributed by atoms with Crippen molar-refractivity contribution in [3.05, 3.63) is 29.3 Å². The van der Waals surface area contributed by atoms with Crippen LogP contribution in [0.2, 0.25) is 5.02 Å². The number of thioether (sulfide) groups is 1. The van der Waals surface area contributed by atoms with E-state index in [1.54, 1.807) is 11.8 Å². The third kappa shape index (κ3) is 4.61. The van der Waals surface area contributed by atoms with Gasteiger partial charge in [0.1, 0.15) is 0 Å². The van der Waals surface area contributed by atoms with Crippen molar-refractivity contribution < 1.29 is 0 Å². The monoisotopic (exact) mass is 239 g/mol. The number of halogens is 1. The van der Waals surface area contributed by atoms with E-state index >= 15 is 0 Å². The minimum atomic E-state index is 0.141. The lowest BCUT2D eigenvalue weighted by Gasteiger charge is -2.09. The smallest absolute Gasteiger partial charge is 0.0541 e.